The van der Waals surface area contributed by atoms with Crippen LogP contribution in [0.15, 0.2) is 0 Å². The summed E-state index contributed by atoms with van der Waals surface area (Å²) in [6, 6.07) is 0. The molecule has 0 aromatic carbocycles. The topological polar surface area (TPSA) is 52.6 Å². The maximum atomic E-state index is 11.6. The third-order valence-electron chi connectivity index (χ3n) is 3.60. The molecule has 4 heteroatoms. The number of hydrogen-bond donors (Lipinski definition) is 2. The lowest BCUT2D eigenvalue weighted by atomic mass is 9.97. The zero-order valence-electron chi connectivity index (χ0n) is 9.98. The first-order chi connectivity index (χ1) is 7.65. The zero-order valence-corrected chi connectivity index (χ0v) is 9.98. The molecule has 0 spiro atoms. The van der Waals surface area contributed by atoms with Crippen LogP contribution >= 0.6 is 0 Å². The van der Waals surface area contributed by atoms with Gasteiger partial charge < -0.3 is 10.4 Å². The minimum Gasteiger partial charge on any atom is -0.393 e. The van der Waals surface area contributed by atoms with E-state index in [0.717, 1.165) is 32.0 Å². The quantitative estimate of drug-likeness (QED) is 0.721. The molecule has 2 fully saturated rings. The molecule has 1 aliphatic carbocycles. The predicted octanol–water partition coefficient (Wildman–Crippen LogP) is 0.215. The summed E-state index contributed by atoms with van der Waals surface area (Å²) in [5.41, 5.74) is 0. The van der Waals surface area contributed by atoms with E-state index in [1.807, 2.05) is 6.92 Å². The van der Waals surface area contributed by atoms with Gasteiger partial charge in [-0.2, -0.15) is 0 Å². The summed E-state index contributed by atoms with van der Waals surface area (Å²) in [6.45, 7) is 5.05. The minimum atomic E-state index is -0.189. The highest BCUT2D eigenvalue weighted by Crippen LogP contribution is 2.27. The number of rotatable bonds is 4. The molecular weight excluding hydrogens is 204 g/mol. The Labute approximate surface area is 97.0 Å². The fourth-order valence-corrected chi connectivity index (χ4v) is 2.20. The minimum absolute atomic E-state index is 0.135. The summed E-state index contributed by atoms with van der Waals surface area (Å²) in [6.07, 6.45) is 3.14. The number of nitrogens with zero attached hydrogens (tertiary/aromatic N) is 1. The van der Waals surface area contributed by atoms with Crippen LogP contribution in [0.25, 0.3) is 0 Å². The van der Waals surface area contributed by atoms with E-state index < -0.39 is 0 Å². The Kier molecular flexibility index (Phi) is 3.82. The van der Waals surface area contributed by atoms with Gasteiger partial charge in [-0.1, -0.05) is 6.92 Å². The predicted molar refractivity (Wildman–Crippen MR) is 62.0 cm³/mol. The van der Waals surface area contributed by atoms with Gasteiger partial charge in [-0.25, -0.2) is 0 Å². The lowest BCUT2D eigenvalue weighted by Crippen LogP contribution is -2.46. The molecule has 2 unspecified atom stereocenters. The summed E-state index contributed by atoms with van der Waals surface area (Å²) in [4.78, 5) is 13.8. The molecule has 0 aromatic rings. The molecule has 4 nitrogen and oxygen atoms in total. The van der Waals surface area contributed by atoms with E-state index >= 15 is 0 Å². The molecule has 1 amide bonds. The number of aliphatic hydroxyl groups excluding tert-OH is 1. The van der Waals surface area contributed by atoms with E-state index in [1.54, 1.807) is 0 Å². The lowest BCUT2D eigenvalue weighted by Gasteiger charge is -2.33. The summed E-state index contributed by atoms with van der Waals surface area (Å²) in [5, 5.41) is 12.6. The maximum Gasteiger partial charge on any atom is 0.234 e. The van der Waals surface area contributed by atoms with Gasteiger partial charge in [-0.15, -0.1) is 0 Å². The van der Waals surface area contributed by atoms with E-state index in [1.165, 1.54) is 12.8 Å². The molecular formula is C12H22N2O2. The molecule has 92 valence electrons. The SMILES string of the molecule is CC1CN(CC(=O)NCC2CC2)CCC1O. The Bertz CT molecular complexity index is 253. The molecule has 1 saturated carbocycles. The van der Waals surface area contributed by atoms with Crippen molar-refractivity contribution in [2.24, 2.45) is 11.8 Å². The van der Waals surface area contributed by atoms with Crippen LogP contribution in [0, 0.1) is 11.8 Å². The molecule has 16 heavy (non-hydrogen) atoms. The van der Waals surface area contributed by atoms with Crippen molar-refractivity contribution in [2.75, 3.05) is 26.2 Å². The summed E-state index contributed by atoms with van der Waals surface area (Å²) < 4.78 is 0. The first-order valence-electron chi connectivity index (χ1n) is 6.32. The van der Waals surface area contributed by atoms with Gasteiger partial charge in [0.25, 0.3) is 0 Å². The van der Waals surface area contributed by atoms with Crippen molar-refractivity contribution in [2.45, 2.75) is 32.3 Å². The van der Waals surface area contributed by atoms with Crippen LogP contribution in [-0.4, -0.2) is 48.2 Å². The first kappa shape index (κ1) is 11.9. The molecule has 1 saturated heterocycles. The van der Waals surface area contributed by atoms with E-state index in [0.29, 0.717) is 6.54 Å². The number of nitrogens with one attached hydrogen (secondary N) is 1. The number of likely N-dealkylation sites (tertiary alicyclic amines) is 1. The Morgan fingerprint density at radius 1 is 1.44 bits per heavy atom. The Morgan fingerprint density at radius 2 is 2.19 bits per heavy atom. The molecule has 1 aliphatic heterocycles. The van der Waals surface area contributed by atoms with Crippen molar-refractivity contribution in [1.29, 1.82) is 0 Å². The molecule has 2 atom stereocenters. The molecule has 2 aliphatic rings. The first-order valence-corrected chi connectivity index (χ1v) is 6.32. The average molecular weight is 226 g/mol. The number of piperidine rings is 1. The average Bonchev–Trinajstić information content (AvgIpc) is 3.04. The van der Waals surface area contributed by atoms with Crippen molar-refractivity contribution in [3.05, 3.63) is 0 Å². The van der Waals surface area contributed by atoms with Gasteiger partial charge in [0, 0.05) is 19.6 Å². The largest absolute Gasteiger partial charge is 0.393 e. The number of aliphatic hydroxyl groups is 1. The van der Waals surface area contributed by atoms with Crippen LogP contribution in [0.1, 0.15) is 26.2 Å². The molecule has 0 radical (unpaired) electrons. The van der Waals surface area contributed by atoms with Crippen LogP contribution in [-0.2, 0) is 4.79 Å². The molecule has 2 N–H and O–H groups in total. The van der Waals surface area contributed by atoms with Gasteiger partial charge in [0.1, 0.15) is 0 Å². The second-order valence-electron chi connectivity index (χ2n) is 5.32. The third kappa shape index (κ3) is 3.46. The van der Waals surface area contributed by atoms with Crippen molar-refractivity contribution in [3.8, 4) is 0 Å². The Hall–Kier alpha value is -0.610. The smallest absolute Gasteiger partial charge is 0.234 e. The van der Waals surface area contributed by atoms with Gasteiger partial charge >= 0.3 is 0 Å². The number of hydrogen-bond acceptors (Lipinski definition) is 3. The van der Waals surface area contributed by atoms with Crippen LogP contribution in [0.2, 0.25) is 0 Å². The lowest BCUT2D eigenvalue weighted by molar-refractivity contribution is -0.123. The fourth-order valence-electron chi connectivity index (χ4n) is 2.20. The van der Waals surface area contributed by atoms with Gasteiger partial charge in [0.2, 0.25) is 5.91 Å². The van der Waals surface area contributed by atoms with Gasteiger partial charge in [0.15, 0.2) is 0 Å². The van der Waals surface area contributed by atoms with Crippen molar-refractivity contribution in [3.63, 3.8) is 0 Å². The molecule has 0 aromatic heterocycles. The molecule has 1 heterocycles. The zero-order chi connectivity index (χ0) is 11.5. The second kappa shape index (κ2) is 5.15. The highest BCUT2D eigenvalue weighted by Gasteiger charge is 2.26. The number of carbonyl (C=O) groups excluding carboxylic acids is 1. The van der Waals surface area contributed by atoms with E-state index in [4.69, 9.17) is 0 Å². The van der Waals surface area contributed by atoms with Crippen LogP contribution < -0.4 is 5.32 Å². The van der Waals surface area contributed by atoms with Crippen LogP contribution in [0.5, 0.6) is 0 Å². The Morgan fingerprint density at radius 3 is 2.81 bits per heavy atom. The van der Waals surface area contributed by atoms with Gasteiger partial charge in [-0.05, 0) is 31.1 Å². The van der Waals surface area contributed by atoms with Gasteiger partial charge in [-0.3, -0.25) is 9.69 Å². The molecule has 0 bridgehead atoms. The van der Waals surface area contributed by atoms with E-state index in [2.05, 4.69) is 10.2 Å². The van der Waals surface area contributed by atoms with E-state index in [-0.39, 0.29) is 17.9 Å². The second-order valence-corrected chi connectivity index (χ2v) is 5.32. The van der Waals surface area contributed by atoms with Crippen LogP contribution in [0.3, 0.4) is 0 Å². The van der Waals surface area contributed by atoms with Crippen molar-refractivity contribution < 1.29 is 9.90 Å². The van der Waals surface area contributed by atoms with Crippen LogP contribution in [0.4, 0.5) is 0 Å². The third-order valence-corrected chi connectivity index (χ3v) is 3.60. The molecule has 2 rings (SSSR count). The summed E-state index contributed by atoms with van der Waals surface area (Å²) in [7, 11) is 0. The monoisotopic (exact) mass is 226 g/mol. The highest BCUT2D eigenvalue weighted by atomic mass is 16.3. The normalized spacial score (nSPS) is 31.4. The van der Waals surface area contributed by atoms with E-state index in [9.17, 15) is 9.90 Å². The number of carbonyl (C=O) groups is 1. The fraction of sp³-hybridized carbons (Fsp3) is 0.917. The maximum absolute atomic E-state index is 11.6. The Balaban J connectivity index is 1.65. The van der Waals surface area contributed by atoms with Crippen molar-refractivity contribution in [1.82, 2.24) is 10.2 Å². The number of amides is 1. The highest BCUT2D eigenvalue weighted by molar-refractivity contribution is 5.78. The van der Waals surface area contributed by atoms with Crippen molar-refractivity contribution >= 4 is 5.91 Å². The standard InChI is InChI=1S/C12H22N2O2/c1-9-7-14(5-4-11(9)15)8-12(16)13-6-10-2-3-10/h9-11,15H,2-8H2,1H3,(H,13,16). The summed E-state index contributed by atoms with van der Waals surface area (Å²) in [5.74, 6) is 1.16. The summed E-state index contributed by atoms with van der Waals surface area (Å²) >= 11 is 0. The van der Waals surface area contributed by atoms with Gasteiger partial charge in [0.05, 0.1) is 12.6 Å².